The molecular formula is C23H36N6O2. The first-order valence-electron chi connectivity index (χ1n) is 10.6. The number of carbonyl (C=O) groups is 1. The van der Waals surface area contributed by atoms with Crippen LogP contribution in [0.2, 0.25) is 0 Å². The van der Waals surface area contributed by atoms with Crippen LogP contribution in [0.4, 0.5) is 0 Å². The van der Waals surface area contributed by atoms with E-state index in [2.05, 4.69) is 42.3 Å². The summed E-state index contributed by atoms with van der Waals surface area (Å²) in [5.74, 6) is 1.79. The number of amides is 1. The van der Waals surface area contributed by atoms with E-state index in [-0.39, 0.29) is 12.5 Å². The molecule has 1 amide bonds. The van der Waals surface area contributed by atoms with Crippen molar-refractivity contribution < 1.29 is 9.53 Å². The van der Waals surface area contributed by atoms with Crippen molar-refractivity contribution in [1.29, 1.82) is 0 Å². The zero-order chi connectivity index (χ0) is 23.0. The summed E-state index contributed by atoms with van der Waals surface area (Å²) in [5.41, 5.74) is 3.33. The number of rotatable bonds is 9. The average molecular weight is 429 g/mol. The largest absolute Gasteiger partial charge is 0.484 e. The summed E-state index contributed by atoms with van der Waals surface area (Å²) in [6.07, 6.45) is 2.07. The number of carbonyl (C=O) groups excluding carboxylic acids is 1. The van der Waals surface area contributed by atoms with Gasteiger partial charge in [0.25, 0.3) is 5.91 Å². The Hall–Kier alpha value is -3.03. The van der Waals surface area contributed by atoms with Gasteiger partial charge in [-0.1, -0.05) is 26.0 Å². The van der Waals surface area contributed by atoms with Gasteiger partial charge in [0.15, 0.2) is 12.6 Å². The fourth-order valence-electron chi connectivity index (χ4n) is 3.14. The molecule has 0 aliphatic carbocycles. The summed E-state index contributed by atoms with van der Waals surface area (Å²) in [6.45, 7) is 8.41. The highest BCUT2D eigenvalue weighted by Crippen LogP contribution is 2.19. The Kier molecular flexibility index (Phi) is 8.90. The first-order chi connectivity index (χ1) is 14.7. The van der Waals surface area contributed by atoms with Crippen LogP contribution in [0.5, 0.6) is 5.75 Å². The number of ether oxygens (including phenoxy) is 1. The van der Waals surface area contributed by atoms with E-state index in [4.69, 9.17) is 9.73 Å². The van der Waals surface area contributed by atoms with Gasteiger partial charge in [-0.05, 0) is 30.5 Å². The number of nitrogens with one attached hydrogen (secondary N) is 1. The topological polar surface area (TPSA) is 75.0 Å². The van der Waals surface area contributed by atoms with Gasteiger partial charge in [0.05, 0.1) is 12.2 Å². The molecular weight excluding hydrogens is 392 g/mol. The molecule has 170 valence electrons. The van der Waals surface area contributed by atoms with Gasteiger partial charge in [-0.3, -0.25) is 9.48 Å². The molecule has 0 saturated carbocycles. The zero-order valence-corrected chi connectivity index (χ0v) is 19.8. The van der Waals surface area contributed by atoms with Crippen LogP contribution in [-0.4, -0.2) is 65.7 Å². The Bertz CT molecular complexity index is 888. The molecule has 1 aromatic carbocycles. The lowest BCUT2D eigenvalue weighted by molar-refractivity contribution is -0.130. The number of guanidine groups is 1. The van der Waals surface area contributed by atoms with Crippen LogP contribution in [0, 0.1) is 0 Å². The molecule has 0 bridgehead atoms. The third kappa shape index (κ3) is 7.31. The minimum absolute atomic E-state index is 0.0222. The molecule has 0 radical (unpaired) electrons. The van der Waals surface area contributed by atoms with Crippen LogP contribution in [0.3, 0.4) is 0 Å². The molecule has 31 heavy (non-hydrogen) atoms. The van der Waals surface area contributed by atoms with E-state index >= 15 is 0 Å². The van der Waals surface area contributed by atoms with Gasteiger partial charge in [0, 0.05) is 53.0 Å². The number of aromatic nitrogens is 2. The predicted molar refractivity (Wildman–Crippen MR) is 124 cm³/mol. The third-order valence-corrected chi connectivity index (χ3v) is 4.76. The molecule has 0 atom stereocenters. The van der Waals surface area contributed by atoms with E-state index in [1.54, 1.807) is 14.1 Å². The maximum absolute atomic E-state index is 11.7. The van der Waals surface area contributed by atoms with Crippen LogP contribution in [0.1, 0.15) is 43.5 Å². The molecule has 0 aliphatic heterocycles. The summed E-state index contributed by atoms with van der Waals surface area (Å²) in [4.78, 5) is 20.2. The normalized spacial score (nSPS) is 11.5. The van der Waals surface area contributed by atoms with Gasteiger partial charge in [0.2, 0.25) is 0 Å². The highest BCUT2D eigenvalue weighted by Gasteiger charge is 2.15. The molecule has 8 nitrogen and oxygen atoms in total. The lowest BCUT2D eigenvalue weighted by Gasteiger charge is -2.22. The SMILES string of the molecule is CCNC(=NCc1cccc(OCC(=O)N(C)C)c1)N(C)Cc1cn(C)nc1C(C)C. The van der Waals surface area contributed by atoms with E-state index in [0.717, 1.165) is 30.3 Å². The van der Waals surface area contributed by atoms with Gasteiger partial charge in [-0.15, -0.1) is 0 Å². The van der Waals surface area contributed by atoms with Gasteiger partial charge in [-0.25, -0.2) is 4.99 Å². The van der Waals surface area contributed by atoms with E-state index in [9.17, 15) is 4.79 Å². The Morgan fingerprint density at radius 2 is 2.03 bits per heavy atom. The summed E-state index contributed by atoms with van der Waals surface area (Å²) in [5, 5.41) is 7.96. The smallest absolute Gasteiger partial charge is 0.259 e. The van der Waals surface area contributed by atoms with Crippen molar-refractivity contribution in [3.8, 4) is 5.75 Å². The first kappa shape index (κ1) is 24.2. The number of benzene rings is 1. The Labute approximate surface area is 185 Å². The minimum atomic E-state index is -0.0735. The molecule has 0 aliphatic rings. The van der Waals surface area contributed by atoms with Crippen LogP contribution >= 0.6 is 0 Å². The lowest BCUT2D eigenvalue weighted by atomic mass is 10.1. The quantitative estimate of drug-likeness (QED) is 0.491. The van der Waals surface area contributed by atoms with Crippen molar-refractivity contribution in [3.63, 3.8) is 0 Å². The maximum atomic E-state index is 11.7. The third-order valence-electron chi connectivity index (χ3n) is 4.76. The second-order valence-corrected chi connectivity index (χ2v) is 8.12. The van der Waals surface area contributed by atoms with Gasteiger partial charge in [-0.2, -0.15) is 5.10 Å². The number of likely N-dealkylation sites (N-methyl/N-ethyl adjacent to an activating group) is 1. The molecule has 1 heterocycles. The van der Waals surface area contributed by atoms with Gasteiger partial charge in [0.1, 0.15) is 5.75 Å². The number of aliphatic imine (C=N–C) groups is 1. The molecule has 1 N–H and O–H groups in total. The molecule has 2 rings (SSSR count). The summed E-state index contributed by atoms with van der Waals surface area (Å²) in [6, 6.07) is 7.70. The summed E-state index contributed by atoms with van der Waals surface area (Å²) < 4.78 is 7.48. The standard InChI is InChI=1S/C23H36N6O2/c1-8-24-23(28(6)14-19-15-29(7)26-22(19)17(2)3)25-13-18-10-9-11-20(12-18)31-16-21(30)27(4)5/h9-12,15,17H,8,13-14,16H2,1-7H3,(H,24,25). The van der Waals surface area contributed by atoms with E-state index in [1.807, 2.05) is 43.0 Å². The highest BCUT2D eigenvalue weighted by molar-refractivity contribution is 5.79. The Morgan fingerprint density at radius 3 is 2.68 bits per heavy atom. The van der Waals surface area contributed by atoms with Crippen molar-refractivity contribution in [1.82, 2.24) is 24.9 Å². The van der Waals surface area contributed by atoms with Crippen molar-refractivity contribution in [2.24, 2.45) is 12.0 Å². The first-order valence-corrected chi connectivity index (χ1v) is 10.6. The van der Waals surface area contributed by atoms with Gasteiger partial charge < -0.3 is 19.9 Å². The van der Waals surface area contributed by atoms with E-state index < -0.39 is 0 Å². The van der Waals surface area contributed by atoms with Crippen molar-refractivity contribution in [3.05, 3.63) is 47.3 Å². The average Bonchev–Trinajstić information content (AvgIpc) is 3.09. The second-order valence-electron chi connectivity index (χ2n) is 8.12. The highest BCUT2D eigenvalue weighted by atomic mass is 16.5. The van der Waals surface area contributed by atoms with Crippen molar-refractivity contribution in [2.45, 2.75) is 39.8 Å². The molecule has 1 aromatic heterocycles. The number of hydrogen-bond donors (Lipinski definition) is 1. The fourth-order valence-corrected chi connectivity index (χ4v) is 3.14. The minimum Gasteiger partial charge on any atom is -0.484 e. The second kappa shape index (κ2) is 11.4. The van der Waals surface area contributed by atoms with Gasteiger partial charge >= 0.3 is 0 Å². The summed E-state index contributed by atoms with van der Waals surface area (Å²) >= 11 is 0. The molecule has 2 aromatic rings. The van der Waals surface area contributed by atoms with E-state index in [0.29, 0.717) is 18.2 Å². The zero-order valence-electron chi connectivity index (χ0n) is 19.8. The van der Waals surface area contributed by atoms with Crippen molar-refractivity contribution in [2.75, 3.05) is 34.3 Å². The Morgan fingerprint density at radius 1 is 1.29 bits per heavy atom. The predicted octanol–water partition coefficient (Wildman–Crippen LogP) is 2.61. The number of nitrogens with zero attached hydrogens (tertiary/aromatic N) is 5. The molecule has 8 heteroatoms. The monoisotopic (exact) mass is 428 g/mol. The van der Waals surface area contributed by atoms with Crippen LogP contribution in [0.25, 0.3) is 0 Å². The Balaban J connectivity index is 2.08. The fraction of sp³-hybridized carbons (Fsp3) is 0.522. The number of aryl methyl sites for hydroxylation is 1. The van der Waals surface area contributed by atoms with Crippen LogP contribution < -0.4 is 10.1 Å². The van der Waals surface area contributed by atoms with Crippen molar-refractivity contribution >= 4 is 11.9 Å². The molecule has 0 unspecified atom stereocenters. The molecule has 0 fully saturated rings. The van der Waals surface area contributed by atoms with E-state index in [1.165, 1.54) is 10.5 Å². The molecule has 0 saturated heterocycles. The van der Waals surface area contributed by atoms with Crippen LogP contribution in [-0.2, 0) is 24.9 Å². The maximum Gasteiger partial charge on any atom is 0.259 e. The molecule has 0 spiro atoms. The number of hydrogen-bond acceptors (Lipinski definition) is 4. The van der Waals surface area contributed by atoms with Crippen LogP contribution in [0.15, 0.2) is 35.5 Å². The lowest BCUT2D eigenvalue weighted by Crippen LogP contribution is -2.38. The summed E-state index contributed by atoms with van der Waals surface area (Å²) in [7, 11) is 7.41.